The summed E-state index contributed by atoms with van der Waals surface area (Å²) in [4.78, 5) is 14.5. The van der Waals surface area contributed by atoms with Crippen molar-refractivity contribution in [2.45, 2.75) is 6.04 Å². The molecule has 0 bridgehead atoms. The van der Waals surface area contributed by atoms with Gasteiger partial charge in [-0.05, 0) is 23.3 Å². The van der Waals surface area contributed by atoms with Crippen LogP contribution in [0.3, 0.4) is 0 Å². The van der Waals surface area contributed by atoms with Gasteiger partial charge in [-0.25, -0.2) is 4.39 Å². The van der Waals surface area contributed by atoms with E-state index in [2.05, 4.69) is 0 Å². The molecule has 3 nitrogen and oxygen atoms in total. The Morgan fingerprint density at radius 1 is 1.10 bits per heavy atom. The average Bonchev–Trinajstić information content (AvgIpc) is 2.70. The topological polar surface area (TPSA) is 46.3 Å². The van der Waals surface area contributed by atoms with Gasteiger partial charge in [0.25, 0.3) is 0 Å². The molecule has 0 amide bonds. The van der Waals surface area contributed by atoms with Gasteiger partial charge in [-0.15, -0.1) is 0 Å². The smallest absolute Gasteiger partial charge is 0.194 e. The minimum atomic E-state index is -0.454. The molecule has 2 aromatic rings. The van der Waals surface area contributed by atoms with Crippen molar-refractivity contribution >= 4 is 11.4 Å². The minimum absolute atomic E-state index is 0.105. The lowest BCUT2D eigenvalue weighted by atomic mass is 9.96. The zero-order valence-corrected chi connectivity index (χ0v) is 11.6. The first-order valence-corrected chi connectivity index (χ1v) is 6.67. The van der Waals surface area contributed by atoms with E-state index in [-0.39, 0.29) is 11.6 Å². The highest BCUT2D eigenvalue weighted by Crippen LogP contribution is 2.37. The molecule has 3 rings (SSSR count). The number of carbonyl (C=O) groups excluding carboxylic acids is 1. The van der Waals surface area contributed by atoms with E-state index in [1.54, 1.807) is 24.1 Å². The zero-order valence-electron chi connectivity index (χ0n) is 11.6. The fourth-order valence-electron chi connectivity index (χ4n) is 2.70. The third kappa shape index (κ3) is 2.18. The maximum Gasteiger partial charge on any atom is 0.194 e. The van der Waals surface area contributed by atoms with Crippen LogP contribution in [0.4, 0.5) is 4.39 Å². The van der Waals surface area contributed by atoms with E-state index >= 15 is 0 Å². The number of carbonyl (C=O) groups is 1. The molecule has 0 aromatic heterocycles. The molecule has 1 atom stereocenters. The molecule has 0 fully saturated rings. The number of rotatable bonds is 2. The van der Waals surface area contributed by atoms with Gasteiger partial charge in [-0.3, -0.25) is 4.79 Å². The van der Waals surface area contributed by atoms with Crippen LogP contribution in [0.15, 0.2) is 60.4 Å². The Kier molecular flexibility index (Phi) is 3.22. The predicted molar refractivity (Wildman–Crippen MR) is 79.5 cm³/mol. The van der Waals surface area contributed by atoms with Crippen molar-refractivity contribution in [3.63, 3.8) is 0 Å². The van der Waals surface area contributed by atoms with Crippen LogP contribution in [0.2, 0.25) is 0 Å². The highest BCUT2D eigenvalue weighted by atomic mass is 19.1. The zero-order chi connectivity index (χ0) is 15.0. The van der Waals surface area contributed by atoms with Gasteiger partial charge in [0.05, 0.1) is 5.57 Å². The van der Waals surface area contributed by atoms with Gasteiger partial charge >= 0.3 is 0 Å². The van der Waals surface area contributed by atoms with Gasteiger partial charge in [-0.2, -0.15) is 0 Å². The lowest BCUT2D eigenvalue weighted by Crippen LogP contribution is -2.25. The SMILES string of the molecule is CN1C(N)=C(c2cccc(F)c2)C(=O)C1c1ccccc1. The van der Waals surface area contributed by atoms with Crippen molar-refractivity contribution in [3.05, 3.63) is 77.4 Å². The molecular formula is C17H15FN2O. The number of nitrogens with zero attached hydrogens (tertiary/aromatic N) is 1. The fraction of sp³-hybridized carbons (Fsp3) is 0.118. The highest BCUT2D eigenvalue weighted by molar-refractivity contribution is 6.26. The van der Waals surface area contributed by atoms with Crippen molar-refractivity contribution in [1.82, 2.24) is 4.90 Å². The quantitative estimate of drug-likeness (QED) is 0.921. The Balaban J connectivity index is 2.05. The second kappa shape index (κ2) is 5.05. The lowest BCUT2D eigenvalue weighted by molar-refractivity contribution is -0.116. The van der Waals surface area contributed by atoms with E-state index < -0.39 is 6.04 Å². The average molecular weight is 282 g/mol. The maximum atomic E-state index is 13.4. The second-order valence-corrected chi connectivity index (χ2v) is 5.06. The number of ketones is 1. The van der Waals surface area contributed by atoms with Crippen LogP contribution >= 0.6 is 0 Å². The number of likely N-dealkylation sites (N-methyl/N-ethyl adjacent to an activating group) is 1. The summed E-state index contributed by atoms with van der Waals surface area (Å²) >= 11 is 0. The molecule has 0 saturated carbocycles. The molecule has 1 aliphatic heterocycles. The van der Waals surface area contributed by atoms with Gasteiger partial charge < -0.3 is 10.6 Å². The largest absolute Gasteiger partial charge is 0.385 e. The molecule has 106 valence electrons. The molecule has 0 saturated heterocycles. The minimum Gasteiger partial charge on any atom is -0.385 e. The number of benzene rings is 2. The molecule has 21 heavy (non-hydrogen) atoms. The van der Waals surface area contributed by atoms with Gasteiger partial charge in [0, 0.05) is 7.05 Å². The van der Waals surface area contributed by atoms with Gasteiger partial charge in [0.15, 0.2) is 5.78 Å². The van der Waals surface area contributed by atoms with E-state index in [1.165, 1.54) is 12.1 Å². The third-order valence-corrected chi connectivity index (χ3v) is 3.75. The lowest BCUT2D eigenvalue weighted by Gasteiger charge is -2.21. The third-order valence-electron chi connectivity index (χ3n) is 3.75. The summed E-state index contributed by atoms with van der Waals surface area (Å²) in [7, 11) is 1.77. The summed E-state index contributed by atoms with van der Waals surface area (Å²) in [5.74, 6) is -0.113. The molecular weight excluding hydrogens is 267 g/mol. The fourth-order valence-corrected chi connectivity index (χ4v) is 2.70. The Morgan fingerprint density at radius 3 is 2.48 bits per heavy atom. The van der Waals surface area contributed by atoms with Crippen molar-refractivity contribution in [2.24, 2.45) is 5.73 Å². The standard InChI is InChI=1S/C17H15FN2O/c1-20-15(11-6-3-2-4-7-11)16(21)14(17(20)19)12-8-5-9-13(18)10-12/h2-10,15H,19H2,1H3. The predicted octanol–water partition coefficient (Wildman–Crippen LogP) is 2.71. The monoisotopic (exact) mass is 282 g/mol. The van der Waals surface area contributed by atoms with E-state index in [0.29, 0.717) is 17.0 Å². The van der Waals surface area contributed by atoms with E-state index in [4.69, 9.17) is 5.73 Å². The molecule has 2 N–H and O–H groups in total. The molecule has 1 unspecified atom stereocenters. The van der Waals surface area contributed by atoms with Crippen LogP contribution in [-0.2, 0) is 4.79 Å². The number of Topliss-reactive ketones (excluding diaryl/α,β-unsaturated/α-hetero) is 1. The number of nitrogens with two attached hydrogens (primary N) is 1. The Morgan fingerprint density at radius 2 is 1.81 bits per heavy atom. The highest BCUT2D eigenvalue weighted by Gasteiger charge is 2.37. The summed E-state index contributed by atoms with van der Waals surface area (Å²) in [5.41, 5.74) is 7.86. The van der Waals surface area contributed by atoms with E-state index in [0.717, 1.165) is 5.56 Å². The van der Waals surface area contributed by atoms with Crippen LogP contribution < -0.4 is 5.73 Å². The molecule has 1 aliphatic rings. The van der Waals surface area contributed by atoms with Crippen molar-refractivity contribution in [1.29, 1.82) is 0 Å². The summed E-state index contributed by atoms with van der Waals surface area (Å²) in [6.07, 6.45) is 0. The van der Waals surface area contributed by atoms with Crippen LogP contribution in [0.5, 0.6) is 0 Å². The van der Waals surface area contributed by atoms with Crippen LogP contribution in [0, 0.1) is 5.82 Å². The molecule has 1 heterocycles. The normalized spacial score (nSPS) is 18.5. The van der Waals surface area contributed by atoms with Crippen molar-refractivity contribution in [2.75, 3.05) is 7.05 Å². The molecule has 0 aliphatic carbocycles. The Labute approximate surface area is 122 Å². The number of halogens is 1. The Hall–Kier alpha value is -2.62. The molecule has 0 radical (unpaired) electrons. The van der Waals surface area contributed by atoms with Gasteiger partial charge in [0.1, 0.15) is 17.7 Å². The van der Waals surface area contributed by atoms with Gasteiger partial charge in [-0.1, -0.05) is 42.5 Å². The maximum absolute atomic E-state index is 13.4. The second-order valence-electron chi connectivity index (χ2n) is 5.06. The van der Waals surface area contributed by atoms with Crippen LogP contribution in [0.25, 0.3) is 5.57 Å². The first-order chi connectivity index (χ1) is 10.1. The first kappa shape index (κ1) is 13.4. The number of hydrogen-bond acceptors (Lipinski definition) is 3. The van der Waals surface area contributed by atoms with Crippen molar-refractivity contribution < 1.29 is 9.18 Å². The van der Waals surface area contributed by atoms with Crippen LogP contribution in [-0.4, -0.2) is 17.7 Å². The Bertz CT molecular complexity index is 725. The summed E-state index contributed by atoms with van der Waals surface area (Å²) in [5, 5.41) is 0. The van der Waals surface area contributed by atoms with Crippen molar-refractivity contribution in [3.8, 4) is 0 Å². The summed E-state index contributed by atoms with van der Waals surface area (Å²) in [6.45, 7) is 0. The van der Waals surface area contributed by atoms with E-state index in [9.17, 15) is 9.18 Å². The van der Waals surface area contributed by atoms with Gasteiger partial charge in [0.2, 0.25) is 0 Å². The molecule has 2 aromatic carbocycles. The van der Waals surface area contributed by atoms with E-state index in [1.807, 2.05) is 30.3 Å². The number of hydrogen-bond donors (Lipinski definition) is 1. The first-order valence-electron chi connectivity index (χ1n) is 6.67. The van der Waals surface area contributed by atoms with Crippen LogP contribution in [0.1, 0.15) is 17.2 Å². The summed E-state index contributed by atoms with van der Waals surface area (Å²) in [6, 6.07) is 14.9. The summed E-state index contributed by atoms with van der Waals surface area (Å²) < 4.78 is 13.4. The molecule has 0 spiro atoms. The molecule has 4 heteroatoms.